The summed E-state index contributed by atoms with van der Waals surface area (Å²) in [6.07, 6.45) is 4.52. The molecule has 0 radical (unpaired) electrons. The van der Waals surface area contributed by atoms with Gasteiger partial charge in [0, 0.05) is 36.0 Å². The van der Waals surface area contributed by atoms with Crippen molar-refractivity contribution in [2.45, 2.75) is 13.3 Å². The molecule has 0 atom stereocenters. The van der Waals surface area contributed by atoms with Crippen LogP contribution in [0.25, 0.3) is 33.3 Å². The molecular weight excluding hydrogens is 508 g/mol. The van der Waals surface area contributed by atoms with Crippen molar-refractivity contribution in [3.05, 3.63) is 72.6 Å². The Hall–Kier alpha value is -3.73. The lowest BCUT2D eigenvalue weighted by atomic mass is 9.98. The molecule has 0 unspecified atom stereocenters. The van der Waals surface area contributed by atoms with E-state index >= 15 is 0 Å². The van der Waals surface area contributed by atoms with Crippen LogP contribution in [0.15, 0.2) is 67.0 Å². The van der Waals surface area contributed by atoms with Gasteiger partial charge in [0.2, 0.25) is 10.0 Å². The van der Waals surface area contributed by atoms with Crippen molar-refractivity contribution in [2.75, 3.05) is 40.0 Å². The van der Waals surface area contributed by atoms with Gasteiger partial charge in [0.1, 0.15) is 5.75 Å². The van der Waals surface area contributed by atoms with Crippen LogP contribution in [0, 0.1) is 0 Å². The van der Waals surface area contributed by atoms with E-state index in [2.05, 4.69) is 4.98 Å². The normalized spacial score (nSPS) is 11.6. The number of ether oxygens (including phenoxy) is 4. The number of carbonyl (C=O) groups is 1. The van der Waals surface area contributed by atoms with E-state index in [4.69, 9.17) is 18.9 Å². The summed E-state index contributed by atoms with van der Waals surface area (Å²) in [5.74, 6) is 0.172. The van der Waals surface area contributed by atoms with Crippen LogP contribution in [-0.2, 0) is 35.4 Å². The van der Waals surface area contributed by atoms with Crippen LogP contribution in [-0.4, -0.2) is 63.3 Å². The first-order chi connectivity index (χ1) is 18.3. The maximum atomic E-state index is 12.9. The van der Waals surface area contributed by atoms with Gasteiger partial charge in [0.15, 0.2) is 6.79 Å². The Labute approximate surface area is 222 Å². The second-order valence-corrected chi connectivity index (χ2v) is 10.3. The fourth-order valence-electron chi connectivity index (χ4n) is 4.18. The number of esters is 1. The smallest absolute Gasteiger partial charge is 0.310 e. The van der Waals surface area contributed by atoms with Gasteiger partial charge < -0.3 is 18.9 Å². The first kappa shape index (κ1) is 27.3. The number of rotatable bonds is 12. The van der Waals surface area contributed by atoms with Crippen LogP contribution in [0.3, 0.4) is 0 Å². The Kier molecular flexibility index (Phi) is 8.77. The molecule has 0 fully saturated rings. The third kappa shape index (κ3) is 6.21. The van der Waals surface area contributed by atoms with E-state index in [-0.39, 0.29) is 19.2 Å². The first-order valence-electron chi connectivity index (χ1n) is 12.1. The number of pyridine rings is 1. The van der Waals surface area contributed by atoms with Gasteiger partial charge in [-0.3, -0.25) is 9.78 Å². The Bertz CT molecular complexity index is 1510. The van der Waals surface area contributed by atoms with Crippen LogP contribution in [0.5, 0.6) is 5.75 Å². The molecule has 0 aliphatic heterocycles. The van der Waals surface area contributed by atoms with Gasteiger partial charge in [-0.15, -0.1) is 0 Å². The van der Waals surface area contributed by atoms with Crippen molar-refractivity contribution >= 4 is 26.9 Å². The Morgan fingerprint density at radius 1 is 1.03 bits per heavy atom. The van der Waals surface area contributed by atoms with Gasteiger partial charge in [0.25, 0.3) is 0 Å². The summed E-state index contributed by atoms with van der Waals surface area (Å²) >= 11 is 0. The number of benzene rings is 2. The van der Waals surface area contributed by atoms with Crippen LogP contribution in [0.4, 0.5) is 0 Å². The van der Waals surface area contributed by atoms with E-state index < -0.39 is 10.0 Å². The summed E-state index contributed by atoms with van der Waals surface area (Å²) in [5.41, 5.74) is 3.93. The Morgan fingerprint density at radius 3 is 2.50 bits per heavy atom. The SMILES string of the molecule is CCOC(=O)Cc1ccc(-c2cccc(-c3cc4cnccc4n3S(C)(=O)=O)c2OCOCCOC)cc1. The minimum Gasteiger partial charge on any atom is -0.466 e. The molecule has 0 N–H and O–H groups in total. The average molecular weight is 539 g/mol. The van der Waals surface area contributed by atoms with E-state index in [1.165, 1.54) is 3.97 Å². The molecule has 0 saturated carbocycles. The molecule has 200 valence electrons. The van der Waals surface area contributed by atoms with Crippen LogP contribution in [0.2, 0.25) is 0 Å². The highest BCUT2D eigenvalue weighted by atomic mass is 32.2. The lowest BCUT2D eigenvalue weighted by Crippen LogP contribution is -2.12. The molecule has 10 heteroatoms. The van der Waals surface area contributed by atoms with E-state index in [9.17, 15) is 13.2 Å². The van der Waals surface area contributed by atoms with Gasteiger partial charge in [0.05, 0.1) is 43.7 Å². The Balaban J connectivity index is 1.81. The largest absolute Gasteiger partial charge is 0.466 e. The molecule has 4 rings (SSSR count). The summed E-state index contributed by atoms with van der Waals surface area (Å²) in [6.45, 7) is 2.79. The van der Waals surface area contributed by atoms with Crippen LogP contribution in [0.1, 0.15) is 12.5 Å². The van der Waals surface area contributed by atoms with Crippen molar-refractivity contribution in [3.8, 4) is 28.1 Å². The maximum Gasteiger partial charge on any atom is 0.310 e. The zero-order valence-electron chi connectivity index (χ0n) is 21.5. The van der Waals surface area contributed by atoms with E-state index in [0.29, 0.717) is 47.7 Å². The van der Waals surface area contributed by atoms with Crippen LogP contribution < -0.4 is 4.74 Å². The molecule has 0 aliphatic carbocycles. The van der Waals surface area contributed by atoms with Gasteiger partial charge in [-0.25, -0.2) is 12.4 Å². The van der Waals surface area contributed by atoms with Crippen molar-refractivity contribution in [2.24, 2.45) is 0 Å². The maximum absolute atomic E-state index is 12.9. The third-order valence-corrected chi connectivity index (χ3v) is 6.87. The minimum absolute atomic E-state index is 0.0605. The highest BCUT2D eigenvalue weighted by Gasteiger charge is 2.22. The molecule has 2 aromatic heterocycles. The number of fused-ring (bicyclic) bond motifs is 1. The molecule has 0 spiro atoms. The monoisotopic (exact) mass is 538 g/mol. The number of para-hydroxylation sites is 1. The number of nitrogens with zero attached hydrogens (tertiary/aromatic N) is 2. The van der Waals surface area contributed by atoms with Gasteiger partial charge in [-0.05, 0) is 36.2 Å². The molecule has 0 saturated heterocycles. The lowest BCUT2D eigenvalue weighted by Gasteiger charge is -2.18. The summed E-state index contributed by atoms with van der Waals surface area (Å²) in [4.78, 5) is 16.0. The molecule has 38 heavy (non-hydrogen) atoms. The highest BCUT2D eigenvalue weighted by Crippen LogP contribution is 2.41. The molecule has 9 nitrogen and oxygen atoms in total. The van der Waals surface area contributed by atoms with Crippen molar-refractivity contribution in [1.29, 1.82) is 0 Å². The minimum atomic E-state index is -3.67. The third-order valence-electron chi connectivity index (χ3n) is 5.82. The fraction of sp³-hybridized carbons (Fsp3) is 0.286. The van der Waals surface area contributed by atoms with Crippen molar-refractivity contribution in [3.63, 3.8) is 0 Å². The molecule has 0 amide bonds. The molecule has 2 heterocycles. The number of hydrogen-bond acceptors (Lipinski definition) is 8. The molecular formula is C28H30N2O7S. The van der Waals surface area contributed by atoms with Crippen LogP contribution >= 0.6 is 0 Å². The second kappa shape index (κ2) is 12.2. The van der Waals surface area contributed by atoms with E-state index in [1.54, 1.807) is 38.6 Å². The lowest BCUT2D eigenvalue weighted by molar-refractivity contribution is -0.142. The quantitative estimate of drug-likeness (QED) is 0.149. The predicted molar refractivity (Wildman–Crippen MR) is 145 cm³/mol. The second-order valence-electron chi connectivity index (χ2n) is 8.52. The van der Waals surface area contributed by atoms with E-state index in [1.807, 2.05) is 42.5 Å². The zero-order valence-corrected chi connectivity index (χ0v) is 22.4. The molecule has 4 aromatic rings. The highest BCUT2D eigenvalue weighted by molar-refractivity contribution is 7.89. The molecule has 0 aliphatic rings. The summed E-state index contributed by atoms with van der Waals surface area (Å²) in [6, 6.07) is 16.5. The number of methoxy groups -OCH3 is 1. The van der Waals surface area contributed by atoms with E-state index in [0.717, 1.165) is 22.9 Å². The predicted octanol–water partition coefficient (Wildman–Crippen LogP) is 4.28. The summed E-state index contributed by atoms with van der Waals surface area (Å²) in [7, 11) is -2.09. The zero-order chi connectivity index (χ0) is 27.1. The molecule has 2 aromatic carbocycles. The van der Waals surface area contributed by atoms with Crippen molar-refractivity contribution in [1.82, 2.24) is 8.96 Å². The molecule has 0 bridgehead atoms. The van der Waals surface area contributed by atoms with Gasteiger partial charge in [-0.1, -0.05) is 36.4 Å². The number of aromatic nitrogens is 2. The topological polar surface area (TPSA) is 106 Å². The fourth-order valence-corrected chi connectivity index (χ4v) is 5.21. The van der Waals surface area contributed by atoms with Gasteiger partial charge in [-0.2, -0.15) is 0 Å². The summed E-state index contributed by atoms with van der Waals surface area (Å²) in [5, 5.41) is 0.684. The van der Waals surface area contributed by atoms with Crippen molar-refractivity contribution < 1.29 is 32.2 Å². The first-order valence-corrected chi connectivity index (χ1v) is 13.9. The standard InChI is InChI=1S/C28H30N2O7S/c1-4-36-27(31)16-20-8-10-21(11-9-20)23-6-5-7-24(28(23)37-19-35-15-14-34-2)26-17-22-18-29-13-12-25(22)30(26)38(3,32)33/h5-13,17-18H,4,14-16,19H2,1-3H3. The number of carbonyl (C=O) groups excluding carboxylic acids is 1. The Morgan fingerprint density at radius 2 is 1.79 bits per heavy atom. The average Bonchev–Trinajstić information content (AvgIpc) is 3.29. The van der Waals surface area contributed by atoms with Gasteiger partial charge >= 0.3 is 5.97 Å². The number of hydrogen-bond donors (Lipinski definition) is 0. The summed E-state index contributed by atoms with van der Waals surface area (Å²) < 4.78 is 48.9.